The van der Waals surface area contributed by atoms with E-state index >= 15 is 0 Å². The first-order chi connectivity index (χ1) is 7.93. The summed E-state index contributed by atoms with van der Waals surface area (Å²) in [6.45, 7) is -3.81. The maximum Gasteiger partial charge on any atom is 0.270 e. The number of benzene rings is 1. The molecular weight excluding hydrogens is 150 g/mol. The number of phenols is 1. The van der Waals surface area contributed by atoms with Gasteiger partial charge in [-0.1, -0.05) is 0 Å². The first kappa shape index (κ1) is 2.73. The molecule has 3 heteroatoms. The number of phenolic OH excluding ortho intramolecular Hbond substituents is 1. The van der Waals surface area contributed by atoms with Crippen molar-refractivity contribution in [3.8, 4) is 5.75 Å². The average molecular weight is 165 g/mol. The minimum Gasteiger partial charge on any atom is -0.508 e. The van der Waals surface area contributed by atoms with Crippen LogP contribution < -0.4 is 0 Å². The third kappa shape index (κ3) is 1.90. The first-order valence-corrected chi connectivity index (χ1v) is 2.60. The average Bonchev–Trinajstić information content (AvgIpc) is 2.22. The standard InChI is InChI=1S/C8H8F2O/c1-8(9,10)6-2-4-7(11)5-3-6/h2-5,11H,1H3/i1D3,2D,3D,4D,5D. The van der Waals surface area contributed by atoms with Gasteiger partial charge in [-0.2, -0.15) is 0 Å². The highest BCUT2D eigenvalue weighted by Gasteiger charge is 2.23. The van der Waals surface area contributed by atoms with Gasteiger partial charge >= 0.3 is 0 Å². The highest BCUT2D eigenvalue weighted by molar-refractivity contribution is 5.28. The SMILES string of the molecule is [2H]c1c([2H])c(C(F)(F)C([2H])([2H])[2H])c([2H])c([2H])c1O. The fourth-order valence-corrected chi connectivity index (χ4v) is 0.463. The molecule has 1 aromatic carbocycles. The van der Waals surface area contributed by atoms with E-state index in [1.54, 1.807) is 0 Å². The molecule has 1 aromatic rings. The highest BCUT2D eigenvalue weighted by Crippen LogP contribution is 2.27. The summed E-state index contributed by atoms with van der Waals surface area (Å²) in [6.07, 6.45) is 0. The van der Waals surface area contributed by atoms with Crippen LogP contribution in [0.2, 0.25) is 0 Å². The van der Waals surface area contributed by atoms with Crippen molar-refractivity contribution in [2.45, 2.75) is 12.8 Å². The van der Waals surface area contributed by atoms with E-state index in [0.717, 1.165) is 0 Å². The summed E-state index contributed by atoms with van der Waals surface area (Å²) in [7, 11) is 0. The Labute approximate surface area is 73.1 Å². The predicted molar refractivity (Wildman–Crippen MR) is 37.7 cm³/mol. The molecule has 0 heterocycles. The molecular formula is C8H8F2O. The van der Waals surface area contributed by atoms with Gasteiger partial charge in [0.05, 0.1) is 5.48 Å². The monoisotopic (exact) mass is 165 g/mol. The summed E-state index contributed by atoms with van der Waals surface area (Å²) in [5.41, 5.74) is -1.55. The minimum absolute atomic E-state index is 1.10. The lowest BCUT2D eigenvalue weighted by Gasteiger charge is -2.09. The molecule has 0 aliphatic carbocycles. The van der Waals surface area contributed by atoms with E-state index in [1.165, 1.54) is 0 Å². The van der Waals surface area contributed by atoms with Gasteiger partial charge in [0.1, 0.15) is 5.75 Å². The second kappa shape index (κ2) is 2.49. The molecule has 0 bridgehead atoms. The van der Waals surface area contributed by atoms with Crippen LogP contribution in [0.1, 0.15) is 22.0 Å². The summed E-state index contributed by atoms with van der Waals surface area (Å²) < 4.78 is 76.1. The molecule has 0 radical (unpaired) electrons. The Bertz CT molecular complexity index is 468. The molecule has 1 N–H and O–H groups in total. The zero-order valence-corrected chi connectivity index (χ0v) is 5.20. The van der Waals surface area contributed by atoms with Crippen LogP contribution in [-0.4, -0.2) is 5.11 Å². The topological polar surface area (TPSA) is 20.2 Å². The van der Waals surface area contributed by atoms with Gasteiger partial charge in [-0.25, -0.2) is 8.78 Å². The highest BCUT2D eigenvalue weighted by atomic mass is 19.3. The molecule has 0 saturated heterocycles. The molecule has 0 aromatic heterocycles. The summed E-state index contributed by atoms with van der Waals surface area (Å²) >= 11 is 0. The number of rotatable bonds is 1. The quantitative estimate of drug-likeness (QED) is 0.677. The third-order valence-electron chi connectivity index (χ3n) is 0.926. The fourth-order valence-electron chi connectivity index (χ4n) is 0.463. The number of aromatic hydroxyl groups is 1. The van der Waals surface area contributed by atoms with Crippen molar-refractivity contribution in [1.29, 1.82) is 0 Å². The fraction of sp³-hybridized carbons (Fsp3) is 0.250. The van der Waals surface area contributed by atoms with Gasteiger partial charge in [0.15, 0.2) is 0 Å². The Balaban J connectivity index is 3.72. The molecule has 0 amide bonds. The molecule has 0 saturated carbocycles. The lowest BCUT2D eigenvalue weighted by atomic mass is 10.1. The lowest BCUT2D eigenvalue weighted by Crippen LogP contribution is -2.05. The van der Waals surface area contributed by atoms with Gasteiger partial charge in [-0.15, -0.1) is 0 Å². The van der Waals surface area contributed by atoms with Crippen LogP contribution in [-0.2, 0) is 5.92 Å². The summed E-state index contributed by atoms with van der Waals surface area (Å²) in [5.74, 6) is -5.64. The van der Waals surface area contributed by atoms with E-state index in [2.05, 4.69) is 0 Å². The maximum absolute atomic E-state index is 13.6. The first-order valence-electron chi connectivity index (χ1n) is 6.10. The van der Waals surface area contributed by atoms with Gasteiger partial charge in [-0.05, 0) is 24.2 Å². The summed E-state index contributed by atoms with van der Waals surface area (Å²) in [5, 5.41) is 9.16. The van der Waals surface area contributed by atoms with Gasteiger partial charge in [0.25, 0.3) is 5.92 Å². The van der Waals surface area contributed by atoms with Gasteiger partial charge in [0, 0.05) is 16.5 Å². The zero-order valence-electron chi connectivity index (χ0n) is 12.2. The molecule has 0 spiro atoms. The van der Waals surface area contributed by atoms with Crippen LogP contribution in [0.25, 0.3) is 0 Å². The molecule has 0 atom stereocenters. The van der Waals surface area contributed by atoms with Gasteiger partial charge in [0.2, 0.25) is 0 Å². The molecule has 0 aliphatic rings. The van der Waals surface area contributed by atoms with E-state index in [1.807, 2.05) is 0 Å². The zero-order chi connectivity index (χ0) is 14.5. The molecule has 1 rings (SSSR count). The normalized spacial score (nSPS) is 21.8. The van der Waals surface area contributed by atoms with Crippen molar-refractivity contribution in [3.63, 3.8) is 0 Å². The maximum atomic E-state index is 13.6. The van der Waals surface area contributed by atoms with Gasteiger partial charge < -0.3 is 5.11 Å². The molecule has 11 heavy (non-hydrogen) atoms. The molecule has 60 valence electrons. The Morgan fingerprint density at radius 3 is 2.45 bits per heavy atom. The van der Waals surface area contributed by atoms with Crippen LogP contribution in [0.5, 0.6) is 5.75 Å². The summed E-state index contributed by atoms with van der Waals surface area (Å²) in [4.78, 5) is 0. The second-order valence-electron chi connectivity index (χ2n) is 1.80. The molecule has 0 unspecified atom stereocenters. The van der Waals surface area contributed by atoms with Crippen molar-refractivity contribution in [2.24, 2.45) is 0 Å². The number of hydrogen-bond donors (Lipinski definition) is 1. The van der Waals surface area contributed by atoms with E-state index in [9.17, 15) is 8.78 Å². The van der Waals surface area contributed by atoms with E-state index in [4.69, 9.17) is 14.7 Å². The second-order valence-corrected chi connectivity index (χ2v) is 1.80. The molecule has 0 fully saturated rings. The minimum atomic E-state index is -4.54. The third-order valence-corrected chi connectivity index (χ3v) is 0.926. The molecule has 0 aliphatic heterocycles. The Kier molecular flexibility index (Phi) is 0.619. The van der Waals surface area contributed by atoms with E-state index in [0.29, 0.717) is 0 Å². The predicted octanol–water partition coefficient (Wildman–Crippen LogP) is 2.50. The largest absolute Gasteiger partial charge is 0.508 e. The van der Waals surface area contributed by atoms with Crippen LogP contribution >= 0.6 is 0 Å². The smallest absolute Gasteiger partial charge is 0.270 e. The van der Waals surface area contributed by atoms with Crippen LogP contribution in [0.15, 0.2) is 24.2 Å². The van der Waals surface area contributed by atoms with E-state index in [-0.39, 0.29) is 0 Å². The van der Waals surface area contributed by atoms with Crippen molar-refractivity contribution >= 4 is 0 Å². The number of halogens is 2. The summed E-state index contributed by atoms with van der Waals surface area (Å²) in [6, 6.07) is -4.74. The number of hydrogen-bond acceptors (Lipinski definition) is 1. The van der Waals surface area contributed by atoms with Gasteiger partial charge in [-0.3, -0.25) is 0 Å². The van der Waals surface area contributed by atoms with Crippen LogP contribution in [0.3, 0.4) is 0 Å². The molecule has 1 nitrogen and oxygen atoms in total. The number of alkyl halides is 2. The van der Waals surface area contributed by atoms with Crippen LogP contribution in [0.4, 0.5) is 8.78 Å². The Morgan fingerprint density at radius 1 is 1.45 bits per heavy atom. The lowest BCUT2D eigenvalue weighted by molar-refractivity contribution is 0.0174. The van der Waals surface area contributed by atoms with Crippen molar-refractivity contribution < 1.29 is 23.5 Å². The Hall–Kier alpha value is -1.12. The Morgan fingerprint density at radius 2 is 2.00 bits per heavy atom. The van der Waals surface area contributed by atoms with E-state index < -0.39 is 48.3 Å². The van der Waals surface area contributed by atoms with Crippen LogP contribution in [0, 0.1) is 0 Å². The van der Waals surface area contributed by atoms with Crippen molar-refractivity contribution in [2.75, 3.05) is 0 Å². The van der Waals surface area contributed by atoms with Crippen molar-refractivity contribution in [3.05, 3.63) is 29.7 Å². The van der Waals surface area contributed by atoms with Crippen molar-refractivity contribution in [1.82, 2.24) is 0 Å².